The van der Waals surface area contributed by atoms with Gasteiger partial charge in [0.1, 0.15) is 11.7 Å². The molecule has 0 aliphatic rings. The topological polar surface area (TPSA) is 43.4 Å². The molecule has 0 aromatic heterocycles. The number of hydrogen-bond donors (Lipinski definition) is 0. The quantitative estimate of drug-likeness (QED) is 0.334. The predicted octanol–water partition coefficient (Wildman–Crippen LogP) is 0.775. The van der Waals surface area contributed by atoms with Gasteiger partial charge in [0.15, 0.2) is 0 Å². The summed E-state index contributed by atoms with van der Waals surface area (Å²) in [7, 11) is 1.28. The Bertz CT molecular complexity index is 142. The molecule has 0 heterocycles. The molecule has 3 heteroatoms. The van der Waals surface area contributed by atoms with Crippen LogP contribution < -0.4 is 0 Å². The van der Waals surface area contributed by atoms with Crippen molar-refractivity contribution in [2.45, 2.75) is 20.3 Å². The molecule has 3 nitrogen and oxygen atoms in total. The van der Waals surface area contributed by atoms with E-state index in [0.29, 0.717) is 12.7 Å². The summed E-state index contributed by atoms with van der Waals surface area (Å²) in [6.45, 7) is 3.33. The number of carbonyl (C=O) groups is 2. The molecule has 0 unspecified atom stereocenters. The van der Waals surface area contributed by atoms with Crippen molar-refractivity contribution >= 4 is 12.3 Å². The molecular formula is C7H12O3. The molecule has 10 heavy (non-hydrogen) atoms. The van der Waals surface area contributed by atoms with E-state index in [1.807, 2.05) is 0 Å². The fourth-order valence-electron chi connectivity index (χ4n) is 0.509. The third kappa shape index (κ3) is 1.56. The lowest BCUT2D eigenvalue weighted by Gasteiger charge is -2.16. The first kappa shape index (κ1) is 9.14. The van der Waals surface area contributed by atoms with Crippen molar-refractivity contribution in [2.75, 3.05) is 7.11 Å². The normalized spacial score (nSPS) is 15.5. The molecule has 0 amide bonds. The average Bonchev–Trinajstić information content (AvgIpc) is 2.01. The first-order valence-corrected chi connectivity index (χ1v) is 3.15. The lowest BCUT2D eigenvalue weighted by molar-refractivity contribution is -0.153. The molecule has 0 spiro atoms. The fourth-order valence-corrected chi connectivity index (χ4v) is 0.509. The van der Waals surface area contributed by atoms with Crippen molar-refractivity contribution < 1.29 is 14.3 Å². The van der Waals surface area contributed by atoms with Crippen LogP contribution in [0, 0.1) is 5.41 Å². The Balaban J connectivity index is 4.31. The van der Waals surface area contributed by atoms with Gasteiger partial charge in [-0.15, -0.1) is 0 Å². The van der Waals surface area contributed by atoms with E-state index in [0.717, 1.165) is 0 Å². The van der Waals surface area contributed by atoms with Gasteiger partial charge in [0.2, 0.25) is 0 Å². The van der Waals surface area contributed by atoms with Gasteiger partial charge >= 0.3 is 5.97 Å². The smallest absolute Gasteiger partial charge is 0.318 e. The molecule has 0 saturated carbocycles. The molecule has 0 radical (unpaired) electrons. The van der Waals surface area contributed by atoms with Crippen LogP contribution in [0.2, 0.25) is 0 Å². The van der Waals surface area contributed by atoms with Gasteiger partial charge in [0.25, 0.3) is 0 Å². The molecule has 0 aromatic rings. The van der Waals surface area contributed by atoms with Crippen LogP contribution in [0.25, 0.3) is 0 Å². The highest BCUT2D eigenvalue weighted by molar-refractivity contribution is 5.92. The van der Waals surface area contributed by atoms with Crippen molar-refractivity contribution in [3.05, 3.63) is 0 Å². The van der Waals surface area contributed by atoms with Crippen LogP contribution in [0.3, 0.4) is 0 Å². The maximum atomic E-state index is 10.8. The minimum Gasteiger partial charge on any atom is -0.468 e. The van der Waals surface area contributed by atoms with Gasteiger partial charge in [-0.3, -0.25) is 4.79 Å². The van der Waals surface area contributed by atoms with Crippen molar-refractivity contribution in [1.82, 2.24) is 0 Å². The van der Waals surface area contributed by atoms with Crippen molar-refractivity contribution in [1.29, 1.82) is 0 Å². The lowest BCUT2D eigenvalue weighted by Crippen LogP contribution is -2.29. The molecular weight excluding hydrogens is 132 g/mol. The van der Waals surface area contributed by atoms with Gasteiger partial charge in [-0.25, -0.2) is 0 Å². The highest BCUT2D eigenvalue weighted by atomic mass is 16.5. The van der Waals surface area contributed by atoms with Crippen LogP contribution in [0.5, 0.6) is 0 Å². The minimum atomic E-state index is -0.950. The van der Waals surface area contributed by atoms with Gasteiger partial charge in [0.05, 0.1) is 7.11 Å². The summed E-state index contributed by atoms with van der Waals surface area (Å²) in [5.74, 6) is -0.468. The Morgan fingerprint density at radius 2 is 2.20 bits per heavy atom. The van der Waals surface area contributed by atoms with Gasteiger partial charge in [-0.2, -0.15) is 0 Å². The summed E-state index contributed by atoms with van der Waals surface area (Å²) in [5, 5.41) is 0. The highest BCUT2D eigenvalue weighted by Gasteiger charge is 2.31. The average molecular weight is 144 g/mol. The Labute approximate surface area is 60.4 Å². The highest BCUT2D eigenvalue weighted by Crippen LogP contribution is 2.18. The molecule has 58 valence electrons. The summed E-state index contributed by atoms with van der Waals surface area (Å²) in [5.41, 5.74) is -0.950. The predicted molar refractivity (Wildman–Crippen MR) is 36.5 cm³/mol. The van der Waals surface area contributed by atoms with E-state index >= 15 is 0 Å². The van der Waals surface area contributed by atoms with E-state index in [1.54, 1.807) is 13.8 Å². The summed E-state index contributed by atoms with van der Waals surface area (Å²) in [6, 6.07) is 0. The van der Waals surface area contributed by atoms with Crippen LogP contribution in [0.15, 0.2) is 0 Å². The molecule has 0 fully saturated rings. The van der Waals surface area contributed by atoms with Gasteiger partial charge < -0.3 is 9.53 Å². The molecule has 0 saturated heterocycles. The minimum absolute atomic E-state index is 0.468. The third-order valence-electron chi connectivity index (χ3n) is 1.65. The zero-order valence-electron chi connectivity index (χ0n) is 6.51. The largest absolute Gasteiger partial charge is 0.468 e. The van der Waals surface area contributed by atoms with E-state index < -0.39 is 11.4 Å². The summed E-state index contributed by atoms with van der Waals surface area (Å²) in [6.07, 6.45) is 1.10. The lowest BCUT2D eigenvalue weighted by atomic mass is 9.90. The summed E-state index contributed by atoms with van der Waals surface area (Å²) in [4.78, 5) is 21.2. The van der Waals surface area contributed by atoms with Crippen molar-refractivity contribution in [3.8, 4) is 0 Å². The molecule has 0 aliphatic heterocycles. The number of rotatable bonds is 3. The third-order valence-corrected chi connectivity index (χ3v) is 1.65. The Hall–Kier alpha value is -0.860. The number of aldehydes is 1. The number of hydrogen-bond acceptors (Lipinski definition) is 3. The second-order valence-electron chi connectivity index (χ2n) is 2.38. The van der Waals surface area contributed by atoms with Gasteiger partial charge in [-0.05, 0) is 13.3 Å². The van der Waals surface area contributed by atoms with E-state index in [4.69, 9.17) is 0 Å². The van der Waals surface area contributed by atoms with Crippen LogP contribution in [0.4, 0.5) is 0 Å². The first-order valence-electron chi connectivity index (χ1n) is 3.15. The van der Waals surface area contributed by atoms with E-state index in [9.17, 15) is 9.59 Å². The fraction of sp³-hybridized carbons (Fsp3) is 0.714. The number of carbonyl (C=O) groups excluding carboxylic acids is 2. The molecule has 1 atom stereocenters. The Morgan fingerprint density at radius 1 is 1.70 bits per heavy atom. The van der Waals surface area contributed by atoms with Crippen molar-refractivity contribution in [2.24, 2.45) is 5.41 Å². The molecule has 0 bridgehead atoms. The zero-order valence-corrected chi connectivity index (χ0v) is 6.51. The van der Waals surface area contributed by atoms with E-state index in [-0.39, 0.29) is 0 Å². The van der Waals surface area contributed by atoms with Crippen molar-refractivity contribution in [3.63, 3.8) is 0 Å². The molecule has 0 aromatic carbocycles. The van der Waals surface area contributed by atoms with Crippen LogP contribution in [0.1, 0.15) is 20.3 Å². The number of methoxy groups -OCH3 is 1. The zero-order chi connectivity index (χ0) is 8.20. The van der Waals surface area contributed by atoms with Crippen LogP contribution in [-0.2, 0) is 14.3 Å². The number of ether oxygens (including phenoxy) is 1. The summed E-state index contributed by atoms with van der Waals surface area (Å²) >= 11 is 0. The monoisotopic (exact) mass is 144 g/mol. The van der Waals surface area contributed by atoms with E-state index in [1.165, 1.54) is 7.11 Å². The van der Waals surface area contributed by atoms with E-state index in [2.05, 4.69) is 4.74 Å². The standard InChI is InChI=1S/C7H12O3/c1-4-7(2,5-8)6(9)10-3/h5H,4H2,1-3H3/t7-/m0/s1. The first-order chi connectivity index (χ1) is 4.60. The van der Waals surface area contributed by atoms with Gasteiger partial charge in [-0.1, -0.05) is 6.92 Å². The second-order valence-corrected chi connectivity index (χ2v) is 2.38. The molecule has 0 aliphatic carbocycles. The van der Waals surface area contributed by atoms with Crippen LogP contribution in [-0.4, -0.2) is 19.4 Å². The SMILES string of the molecule is CC[C@@](C)(C=O)C(=O)OC. The Kier molecular flexibility index (Phi) is 3.06. The summed E-state index contributed by atoms with van der Waals surface area (Å²) < 4.78 is 4.43. The van der Waals surface area contributed by atoms with Gasteiger partial charge in [0, 0.05) is 0 Å². The second kappa shape index (κ2) is 3.34. The molecule has 0 N–H and O–H groups in total. The maximum Gasteiger partial charge on any atom is 0.318 e. The maximum absolute atomic E-state index is 10.8. The molecule has 0 rings (SSSR count). The van der Waals surface area contributed by atoms with Crippen LogP contribution >= 0.6 is 0 Å². The Morgan fingerprint density at radius 3 is 2.30 bits per heavy atom. The number of esters is 1.